The minimum atomic E-state index is -0.0593. The van der Waals surface area contributed by atoms with Crippen molar-refractivity contribution >= 4 is 0 Å². The molecule has 1 aliphatic rings. The predicted octanol–water partition coefficient (Wildman–Crippen LogP) is 4.20. The lowest BCUT2D eigenvalue weighted by atomic mass is 9.80. The second-order valence-corrected chi connectivity index (χ2v) is 5.93. The molecule has 2 N–H and O–H groups in total. The monoisotopic (exact) mass is 221 g/mol. The minimum absolute atomic E-state index is 0.0593. The lowest BCUT2D eigenvalue weighted by Gasteiger charge is -2.30. The third-order valence-corrected chi connectivity index (χ3v) is 3.72. The summed E-state index contributed by atoms with van der Waals surface area (Å²) in [6, 6.07) is 0. The molecule has 0 fully saturated rings. The van der Waals surface area contributed by atoms with Crippen LogP contribution in [0.3, 0.4) is 0 Å². The molecule has 0 aliphatic heterocycles. The van der Waals surface area contributed by atoms with Gasteiger partial charge in [-0.3, -0.25) is 0 Å². The van der Waals surface area contributed by atoms with E-state index in [1.165, 1.54) is 36.8 Å². The summed E-state index contributed by atoms with van der Waals surface area (Å²) in [5.74, 6) is 0.601. The molecule has 0 radical (unpaired) electrons. The summed E-state index contributed by atoms with van der Waals surface area (Å²) in [5, 5.41) is 0. The predicted molar refractivity (Wildman–Crippen MR) is 72.4 cm³/mol. The Bertz CT molecular complexity index is 278. The highest BCUT2D eigenvalue weighted by atomic mass is 14.7. The largest absolute Gasteiger partial charge is 0.325 e. The van der Waals surface area contributed by atoms with Gasteiger partial charge in [-0.2, -0.15) is 0 Å². The van der Waals surface area contributed by atoms with E-state index >= 15 is 0 Å². The van der Waals surface area contributed by atoms with E-state index in [0.29, 0.717) is 5.92 Å². The first kappa shape index (κ1) is 13.5. The van der Waals surface area contributed by atoms with Crippen LogP contribution in [0.25, 0.3) is 0 Å². The molecule has 1 atom stereocenters. The van der Waals surface area contributed by atoms with Crippen LogP contribution in [-0.2, 0) is 0 Å². The van der Waals surface area contributed by atoms with Crippen LogP contribution >= 0.6 is 0 Å². The molecule has 0 bridgehead atoms. The topological polar surface area (TPSA) is 26.0 Å². The summed E-state index contributed by atoms with van der Waals surface area (Å²) in [6.07, 6.45) is 10.8. The summed E-state index contributed by atoms with van der Waals surface area (Å²) in [6.45, 7) is 8.81. The first-order valence-electron chi connectivity index (χ1n) is 6.49. The highest BCUT2D eigenvalue weighted by Gasteiger charge is 2.23. The van der Waals surface area contributed by atoms with Crippen molar-refractivity contribution in [3.05, 3.63) is 23.3 Å². The van der Waals surface area contributed by atoms with Crippen molar-refractivity contribution in [1.29, 1.82) is 0 Å². The van der Waals surface area contributed by atoms with Crippen molar-refractivity contribution in [2.24, 2.45) is 11.7 Å². The van der Waals surface area contributed by atoms with Crippen molar-refractivity contribution in [1.82, 2.24) is 0 Å². The first-order valence-corrected chi connectivity index (χ1v) is 6.49. The van der Waals surface area contributed by atoms with Crippen LogP contribution < -0.4 is 5.73 Å². The number of allylic oxidation sites excluding steroid dienone is 4. The van der Waals surface area contributed by atoms with Gasteiger partial charge in [-0.1, -0.05) is 23.3 Å². The Hall–Kier alpha value is -0.560. The van der Waals surface area contributed by atoms with Gasteiger partial charge < -0.3 is 5.73 Å². The Morgan fingerprint density at radius 2 is 1.75 bits per heavy atom. The van der Waals surface area contributed by atoms with Crippen LogP contribution in [0.15, 0.2) is 23.3 Å². The molecular weight excluding hydrogens is 194 g/mol. The fraction of sp³-hybridized carbons (Fsp3) is 0.733. The molecule has 92 valence electrons. The summed E-state index contributed by atoms with van der Waals surface area (Å²) < 4.78 is 0. The average Bonchev–Trinajstić information content (AvgIpc) is 2.15. The van der Waals surface area contributed by atoms with Crippen LogP contribution in [0, 0.1) is 5.92 Å². The van der Waals surface area contributed by atoms with Gasteiger partial charge in [-0.05, 0) is 65.7 Å². The molecule has 1 heteroatoms. The zero-order valence-corrected chi connectivity index (χ0v) is 11.3. The average molecular weight is 221 g/mol. The molecule has 0 aromatic rings. The molecule has 0 aromatic heterocycles. The van der Waals surface area contributed by atoms with Gasteiger partial charge in [-0.25, -0.2) is 0 Å². The van der Waals surface area contributed by atoms with E-state index in [1.54, 1.807) is 0 Å². The highest BCUT2D eigenvalue weighted by Crippen LogP contribution is 2.27. The standard InChI is InChI=1S/C15H27N/c1-12-6-5-7-13(2)9-11-14(10-8-12)15(3,4)16/h6,9,14H,5,7-8,10-11,16H2,1-4H3/b12-6-,13-9-. The van der Waals surface area contributed by atoms with Crippen molar-refractivity contribution in [2.45, 2.75) is 65.3 Å². The second kappa shape index (κ2) is 5.67. The number of nitrogens with two attached hydrogens (primary N) is 1. The Balaban J connectivity index is 2.75. The van der Waals surface area contributed by atoms with Crippen molar-refractivity contribution in [3.63, 3.8) is 0 Å². The van der Waals surface area contributed by atoms with Gasteiger partial charge in [0.05, 0.1) is 0 Å². The fourth-order valence-corrected chi connectivity index (χ4v) is 2.29. The third kappa shape index (κ3) is 4.52. The molecule has 1 rings (SSSR count). The van der Waals surface area contributed by atoms with Gasteiger partial charge in [0.2, 0.25) is 0 Å². The van der Waals surface area contributed by atoms with Crippen LogP contribution in [0.1, 0.15) is 59.8 Å². The normalized spacial score (nSPS) is 31.2. The molecular formula is C15H27N. The SMILES string of the molecule is C/C1=C/CC(C(C)(C)N)CC/C(C)=C\CC1. The van der Waals surface area contributed by atoms with Gasteiger partial charge in [0, 0.05) is 5.54 Å². The Morgan fingerprint density at radius 1 is 1.12 bits per heavy atom. The van der Waals surface area contributed by atoms with E-state index in [9.17, 15) is 0 Å². The maximum Gasteiger partial charge on any atom is 0.0128 e. The second-order valence-electron chi connectivity index (χ2n) is 5.93. The van der Waals surface area contributed by atoms with Gasteiger partial charge in [0.25, 0.3) is 0 Å². The van der Waals surface area contributed by atoms with Crippen LogP contribution in [0.2, 0.25) is 0 Å². The Kier molecular flexibility index (Phi) is 4.79. The van der Waals surface area contributed by atoms with Crippen LogP contribution in [0.5, 0.6) is 0 Å². The smallest absolute Gasteiger partial charge is 0.0128 e. The molecule has 0 saturated heterocycles. The molecule has 0 amide bonds. The summed E-state index contributed by atoms with van der Waals surface area (Å²) in [5.41, 5.74) is 9.25. The highest BCUT2D eigenvalue weighted by molar-refractivity contribution is 5.07. The summed E-state index contributed by atoms with van der Waals surface area (Å²) in [7, 11) is 0. The van der Waals surface area contributed by atoms with E-state index < -0.39 is 0 Å². The van der Waals surface area contributed by atoms with Gasteiger partial charge in [-0.15, -0.1) is 0 Å². The quantitative estimate of drug-likeness (QED) is 0.660. The first-order chi connectivity index (χ1) is 7.39. The number of hydrogen-bond acceptors (Lipinski definition) is 1. The lowest BCUT2D eigenvalue weighted by Crippen LogP contribution is -2.40. The van der Waals surface area contributed by atoms with Gasteiger partial charge in [0.15, 0.2) is 0 Å². The Morgan fingerprint density at radius 3 is 2.38 bits per heavy atom. The molecule has 0 aromatic carbocycles. The van der Waals surface area contributed by atoms with Crippen LogP contribution in [0.4, 0.5) is 0 Å². The molecule has 0 saturated carbocycles. The molecule has 1 aliphatic carbocycles. The maximum absolute atomic E-state index is 6.26. The zero-order chi connectivity index (χ0) is 12.2. The third-order valence-electron chi connectivity index (χ3n) is 3.72. The minimum Gasteiger partial charge on any atom is -0.325 e. The molecule has 0 heterocycles. The molecule has 1 unspecified atom stereocenters. The lowest BCUT2D eigenvalue weighted by molar-refractivity contribution is 0.303. The van der Waals surface area contributed by atoms with Crippen LogP contribution in [-0.4, -0.2) is 5.54 Å². The van der Waals surface area contributed by atoms with Gasteiger partial charge in [0.1, 0.15) is 0 Å². The molecule has 0 spiro atoms. The fourth-order valence-electron chi connectivity index (χ4n) is 2.29. The van der Waals surface area contributed by atoms with Crippen molar-refractivity contribution in [3.8, 4) is 0 Å². The van der Waals surface area contributed by atoms with E-state index in [2.05, 4.69) is 39.8 Å². The van der Waals surface area contributed by atoms with Gasteiger partial charge >= 0.3 is 0 Å². The van der Waals surface area contributed by atoms with Crippen molar-refractivity contribution < 1.29 is 0 Å². The van der Waals surface area contributed by atoms with E-state index in [4.69, 9.17) is 5.73 Å². The van der Waals surface area contributed by atoms with E-state index in [0.717, 1.165) is 6.42 Å². The maximum atomic E-state index is 6.26. The van der Waals surface area contributed by atoms with Crippen molar-refractivity contribution in [2.75, 3.05) is 0 Å². The van der Waals surface area contributed by atoms with E-state index in [1.807, 2.05) is 0 Å². The number of hydrogen-bond donors (Lipinski definition) is 1. The summed E-state index contributed by atoms with van der Waals surface area (Å²) in [4.78, 5) is 0. The van der Waals surface area contributed by atoms with E-state index in [-0.39, 0.29) is 5.54 Å². The summed E-state index contributed by atoms with van der Waals surface area (Å²) >= 11 is 0. The molecule has 1 nitrogen and oxygen atoms in total. The Labute approximate surface area is 101 Å². The zero-order valence-electron chi connectivity index (χ0n) is 11.3. The molecule has 16 heavy (non-hydrogen) atoms. The number of rotatable bonds is 1.